The molecule has 2 N–H and O–H groups in total. The summed E-state index contributed by atoms with van der Waals surface area (Å²) in [5.41, 5.74) is 0.773. The van der Waals surface area contributed by atoms with Crippen molar-refractivity contribution in [3.05, 3.63) is 35.4 Å². The van der Waals surface area contributed by atoms with Crippen LogP contribution >= 0.6 is 0 Å². The van der Waals surface area contributed by atoms with Gasteiger partial charge in [0.1, 0.15) is 0 Å². The number of hydrogen-bond donors (Lipinski definition) is 2. The first-order valence-corrected chi connectivity index (χ1v) is 9.29. The van der Waals surface area contributed by atoms with Gasteiger partial charge in [-0.15, -0.1) is 0 Å². The van der Waals surface area contributed by atoms with Crippen LogP contribution in [0.4, 0.5) is 0 Å². The molecule has 0 spiro atoms. The fraction of sp³-hybridized carbons (Fsp3) is 0.600. The van der Waals surface area contributed by atoms with Crippen LogP contribution in [0.3, 0.4) is 0 Å². The van der Waals surface area contributed by atoms with Gasteiger partial charge < -0.3 is 15.3 Å². The molecular weight excluding hydrogens is 314 g/mol. The number of β-amino-alcohol motifs (C(OH)–C–C–N with tert-alkyl or cyclic N) is 1. The first-order valence-electron chi connectivity index (χ1n) is 9.29. The molecule has 1 amide bonds. The van der Waals surface area contributed by atoms with Gasteiger partial charge in [0.05, 0.1) is 23.3 Å². The molecule has 1 saturated carbocycles. The number of carbonyl (C=O) groups excluding carboxylic acids is 1. The van der Waals surface area contributed by atoms with Crippen LogP contribution in [0.1, 0.15) is 63.2 Å². The third kappa shape index (κ3) is 4.59. The van der Waals surface area contributed by atoms with Crippen LogP contribution in [0.2, 0.25) is 0 Å². The number of nitrogens with zero attached hydrogens (tertiary/aromatic N) is 2. The third-order valence-corrected chi connectivity index (χ3v) is 5.23. The normalized spacial score (nSPS) is 17.5. The predicted octanol–water partition coefficient (Wildman–Crippen LogP) is 2.75. The second-order valence-electron chi connectivity index (χ2n) is 6.75. The Morgan fingerprint density at radius 1 is 1.24 bits per heavy atom. The van der Waals surface area contributed by atoms with Gasteiger partial charge in [-0.1, -0.05) is 31.4 Å². The smallest absolute Gasteiger partial charge is 0.242 e. The van der Waals surface area contributed by atoms with Crippen molar-refractivity contribution in [1.82, 2.24) is 10.2 Å². The number of aliphatic hydroxyl groups excluding tert-OH is 1. The van der Waals surface area contributed by atoms with Crippen molar-refractivity contribution in [2.24, 2.45) is 0 Å². The summed E-state index contributed by atoms with van der Waals surface area (Å²) < 4.78 is 0. The minimum Gasteiger partial charge on any atom is -0.387 e. The lowest BCUT2D eigenvalue weighted by Gasteiger charge is -2.40. The highest BCUT2D eigenvalue weighted by molar-refractivity contribution is 5.86. The van der Waals surface area contributed by atoms with E-state index in [1.807, 2.05) is 18.7 Å². The Bertz CT molecular complexity index is 596. The molecule has 0 bridgehead atoms. The molecule has 5 heteroatoms. The topological polar surface area (TPSA) is 76.4 Å². The first kappa shape index (κ1) is 19.4. The van der Waals surface area contributed by atoms with E-state index in [-0.39, 0.29) is 5.91 Å². The summed E-state index contributed by atoms with van der Waals surface area (Å²) in [6.45, 7) is 5.75. The largest absolute Gasteiger partial charge is 0.387 e. The molecular formula is C20H29N3O2. The Labute approximate surface area is 150 Å². The maximum Gasteiger partial charge on any atom is 0.242 e. The maximum absolute atomic E-state index is 13.1. The highest BCUT2D eigenvalue weighted by atomic mass is 16.3. The number of benzene rings is 1. The van der Waals surface area contributed by atoms with Crippen molar-refractivity contribution in [2.45, 2.75) is 57.6 Å². The molecule has 1 aromatic rings. The molecule has 5 nitrogen and oxygen atoms in total. The molecule has 1 atom stereocenters. The summed E-state index contributed by atoms with van der Waals surface area (Å²) in [6, 6.07) is 9.02. The molecule has 1 aliphatic rings. The quantitative estimate of drug-likeness (QED) is 0.798. The van der Waals surface area contributed by atoms with Crippen molar-refractivity contribution >= 4 is 5.91 Å². The Kier molecular flexibility index (Phi) is 6.98. The predicted molar refractivity (Wildman–Crippen MR) is 97.9 cm³/mol. The third-order valence-electron chi connectivity index (χ3n) is 5.23. The van der Waals surface area contributed by atoms with E-state index in [1.54, 1.807) is 24.3 Å². The molecule has 1 aliphatic carbocycles. The van der Waals surface area contributed by atoms with E-state index < -0.39 is 11.6 Å². The van der Waals surface area contributed by atoms with E-state index >= 15 is 0 Å². The number of rotatable bonds is 7. The molecule has 0 aromatic heterocycles. The fourth-order valence-electron chi connectivity index (χ4n) is 3.62. The van der Waals surface area contributed by atoms with Crippen LogP contribution in [-0.2, 0) is 4.79 Å². The number of nitriles is 1. The van der Waals surface area contributed by atoms with E-state index in [0.29, 0.717) is 25.2 Å². The van der Waals surface area contributed by atoms with Gasteiger partial charge in [0.15, 0.2) is 0 Å². The molecule has 1 aromatic carbocycles. The SMILES string of the molecule is CCN(CC)C(=O)C1(NCC(O)c2ccc(C#N)cc2)CCCCC1. The molecule has 1 unspecified atom stereocenters. The molecule has 0 heterocycles. The average Bonchev–Trinajstić information content (AvgIpc) is 2.67. The van der Waals surface area contributed by atoms with Gasteiger partial charge in [0.2, 0.25) is 5.91 Å². The zero-order valence-electron chi connectivity index (χ0n) is 15.3. The van der Waals surface area contributed by atoms with Gasteiger partial charge in [0, 0.05) is 19.6 Å². The van der Waals surface area contributed by atoms with Crippen molar-refractivity contribution in [3.63, 3.8) is 0 Å². The van der Waals surface area contributed by atoms with Crippen molar-refractivity contribution in [1.29, 1.82) is 5.26 Å². The second kappa shape index (κ2) is 8.98. The first-order chi connectivity index (χ1) is 12.1. The zero-order chi connectivity index (χ0) is 18.3. The minimum atomic E-state index is -0.698. The average molecular weight is 343 g/mol. The van der Waals surface area contributed by atoms with Gasteiger partial charge >= 0.3 is 0 Å². The summed E-state index contributed by atoms with van der Waals surface area (Å²) >= 11 is 0. The van der Waals surface area contributed by atoms with E-state index in [2.05, 4.69) is 11.4 Å². The molecule has 2 rings (SSSR count). The monoisotopic (exact) mass is 343 g/mol. The summed E-state index contributed by atoms with van der Waals surface area (Å²) in [7, 11) is 0. The highest BCUT2D eigenvalue weighted by Crippen LogP contribution is 2.30. The second-order valence-corrected chi connectivity index (χ2v) is 6.75. The molecule has 0 saturated heterocycles. The van der Waals surface area contributed by atoms with Crippen LogP contribution in [-0.4, -0.2) is 41.1 Å². The summed E-state index contributed by atoms with van der Waals surface area (Å²) in [5.74, 6) is 0.157. The maximum atomic E-state index is 13.1. The molecule has 0 radical (unpaired) electrons. The van der Waals surface area contributed by atoms with Crippen molar-refractivity contribution in [2.75, 3.05) is 19.6 Å². The lowest BCUT2D eigenvalue weighted by molar-refractivity contribution is -0.139. The van der Waals surface area contributed by atoms with Gasteiger partial charge in [-0.05, 0) is 44.4 Å². The molecule has 25 heavy (non-hydrogen) atoms. The summed E-state index contributed by atoms with van der Waals surface area (Å²) in [5, 5.41) is 22.8. The molecule has 1 fully saturated rings. The minimum absolute atomic E-state index is 0.157. The van der Waals surface area contributed by atoms with Crippen LogP contribution in [0.5, 0.6) is 0 Å². The molecule has 136 valence electrons. The van der Waals surface area contributed by atoms with Crippen molar-refractivity contribution in [3.8, 4) is 6.07 Å². The van der Waals surface area contributed by atoms with Gasteiger partial charge in [-0.25, -0.2) is 0 Å². The Hall–Kier alpha value is -1.90. The number of nitrogens with one attached hydrogen (secondary N) is 1. The Morgan fingerprint density at radius 2 is 1.84 bits per heavy atom. The lowest BCUT2D eigenvalue weighted by Crippen LogP contribution is -2.59. The van der Waals surface area contributed by atoms with Gasteiger partial charge in [-0.3, -0.25) is 4.79 Å². The van der Waals surface area contributed by atoms with E-state index in [1.165, 1.54) is 0 Å². The lowest BCUT2D eigenvalue weighted by atomic mass is 9.80. The van der Waals surface area contributed by atoms with Gasteiger partial charge in [0.25, 0.3) is 0 Å². The Morgan fingerprint density at radius 3 is 2.36 bits per heavy atom. The number of likely N-dealkylation sites (N-methyl/N-ethyl adjacent to an activating group) is 1. The van der Waals surface area contributed by atoms with E-state index in [0.717, 1.165) is 37.7 Å². The summed E-state index contributed by atoms with van der Waals surface area (Å²) in [6.07, 6.45) is 4.17. The molecule has 0 aliphatic heterocycles. The van der Waals surface area contributed by atoms with Crippen LogP contribution in [0, 0.1) is 11.3 Å². The highest BCUT2D eigenvalue weighted by Gasteiger charge is 2.41. The fourth-order valence-corrected chi connectivity index (χ4v) is 3.62. The van der Waals surface area contributed by atoms with Crippen LogP contribution in [0.25, 0.3) is 0 Å². The number of amides is 1. The summed E-state index contributed by atoms with van der Waals surface area (Å²) in [4.78, 5) is 14.9. The van der Waals surface area contributed by atoms with Gasteiger partial charge in [-0.2, -0.15) is 5.26 Å². The number of carbonyl (C=O) groups is 1. The zero-order valence-corrected chi connectivity index (χ0v) is 15.3. The van der Waals surface area contributed by atoms with E-state index in [4.69, 9.17) is 5.26 Å². The number of aliphatic hydroxyl groups is 1. The van der Waals surface area contributed by atoms with Crippen LogP contribution < -0.4 is 5.32 Å². The standard InChI is InChI=1S/C20H29N3O2/c1-3-23(4-2)19(25)20(12-6-5-7-13-20)22-15-18(24)17-10-8-16(14-21)9-11-17/h8-11,18,22,24H,3-7,12-13,15H2,1-2H3. The van der Waals surface area contributed by atoms with Crippen molar-refractivity contribution < 1.29 is 9.90 Å². The Balaban J connectivity index is 2.08. The van der Waals surface area contributed by atoms with Crippen LogP contribution in [0.15, 0.2) is 24.3 Å². The number of hydrogen-bond acceptors (Lipinski definition) is 4. The van der Waals surface area contributed by atoms with E-state index in [9.17, 15) is 9.90 Å².